The van der Waals surface area contributed by atoms with Crippen molar-refractivity contribution in [2.45, 2.75) is 45.4 Å². The van der Waals surface area contributed by atoms with Gasteiger partial charge in [-0.25, -0.2) is 0 Å². The fourth-order valence-electron chi connectivity index (χ4n) is 2.57. The molecular formula is C16H24N2O. The summed E-state index contributed by atoms with van der Waals surface area (Å²) < 4.78 is 0. The van der Waals surface area contributed by atoms with Crippen molar-refractivity contribution in [3.05, 3.63) is 29.3 Å². The number of rotatable bonds is 3. The van der Waals surface area contributed by atoms with Gasteiger partial charge in [0.25, 0.3) is 0 Å². The number of carbonyl (C=O) groups is 1. The van der Waals surface area contributed by atoms with Crippen LogP contribution in [0.25, 0.3) is 0 Å². The number of anilines is 1. The zero-order chi connectivity index (χ0) is 13.7. The van der Waals surface area contributed by atoms with Crippen molar-refractivity contribution in [3.63, 3.8) is 0 Å². The minimum atomic E-state index is 0.293. The van der Waals surface area contributed by atoms with E-state index in [9.17, 15) is 4.79 Å². The Labute approximate surface area is 115 Å². The van der Waals surface area contributed by atoms with Crippen LogP contribution < -0.4 is 5.73 Å². The SMILES string of the molecule is Cc1ccc(CCC(=O)N2CCCCCC2)cc1N. The van der Waals surface area contributed by atoms with Gasteiger partial charge >= 0.3 is 0 Å². The third kappa shape index (κ3) is 3.98. The second-order valence-corrected chi connectivity index (χ2v) is 5.49. The molecule has 0 bridgehead atoms. The Morgan fingerprint density at radius 3 is 2.53 bits per heavy atom. The number of amides is 1. The monoisotopic (exact) mass is 260 g/mol. The standard InChI is InChI=1S/C16H24N2O/c1-13-6-7-14(12-15(13)17)8-9-16(19)18-10-4-2-3-5-11-18/h6-7,12H,2-5,8-11,17H2,1H3. The van der Waals surface area contributed by atoms with Crippen LogP contribution in [0.4, 0.5) is 5.69 Å². The fraction of sp³-hybridized carbons (Fsp3) is 0.562. The lowest BCUT2D eigenvalue weighted by atomic mass is 10.1. The molecule has 1 amide bonds. The molecule has 0 spiro atoms. The average molecular weight is 260 g/mol. The lowest BCUT2D eigenvalue weighted by Crippen LogP contribution is -2.31. The van der Waals surface area contributed by atoms with E-state index in [2.05, 4.69) is 6.07 Å². The Morgan fingerprint density at radius 2 is 1.89 bits per heavy atom. The number of hydrogen-bond acceptors (Lipinski definition) is 2. The zero-order valence-corrected chi connectivity index (χ0v) is 11.8. The molecule has 0 radical (unpaired) electrons. The molecule has 0 atom stereocenters. The van der Waals surface area contributed by atoms with Crippen molar-refractivity contribution in [3.8, 4) is 0 Å². The Balaban J connectivity index is 1.86. The zero-order valence-electron chi connectivity index (χ0n) is 11.8. The van der Waals surface area contributed by atoms with E-state index < -0.39 is 0 Å². The number of nitrogen functional groups attached to an aromatic ring is 1. The number of hydrogen-bond donors (Lipinski definition) is 1. The lowest BCUT2D eigenvalue weighted by molar-refractivity contribution is -0.131. The Bertz CT molecular complexity index is 434. The molecule has 2 rings (SSSR count). The first-order chi connectivity index (χ1) is 9.16. The second-order valence-electron chi connectivity index (χ2n) is 5.49. The van der Waals surface area contributed by atoms with E-state index in [0.29, 0.717) is 12.3 Å². The van der Waals surface area contributed by atoms with Crippen molar-refractivity contribution in [1.29, 1.82) is 0 Å². The van der Waals surface area contributed by atoms with Gasteiger partial charge in [0.2, 0.25) is 5.91 Å². The smallest absolute Gasteiger partial charge is 0.222 e. The van der Waals surface area contributed by atoms with Crippen LogP contribution in [-0.2, 0) is 11.2 Å². The Morgan fingerprint density at radius 1 is 1.21 bits per heavy atom. The Hall–Kier alpha value is -1.51. The molecule has 1 fully saturated rings. The molecule has 0 saturated carbocycles. The first-order valence-corrected chi connectivity index (χ1v) is 7.29. The number of likely N-dealkylation sites (tertiary alicyclic amines) is 1. The average Bonchev–Trinajstić information content (AvgIpc) is 2.69. The molecule has 1 aromatic carbocycles. The van der Waals surface area contributed by atoms with Crippen LogP contribution >= 0.6 is 0 Å². The summed E-state index contributed by atoms with van der Waals surface area (Å²) >= 11 is 0. The van der Waals surface area contributed by atoms with Crippen LogP contribution in [0, 0.1) is 6.92 Å². The molecule has 1 saturated heterocycles. The number of nitrogens with zero attached hydrogens (tertiary/aromatic N) is 1. The lowest BCUT2D eigenvalue weighted by Gasteiger charge is -2.20. The van der Waals surface area contributed by atoms with Crippen molar-refractivity contribution in [1.82, 2.24) is 4.90 Å². The number of nitrogens with two attached hydrogens (primary N) is 1. The van der Waals surface area contributed by atoms with Crippen molar-refractivity contribution in [2.24, 2.45) is 0 Å². The summed E-state index contributed by atoms with van der Waals surface area (Å²) in [7, 11) is 0. The highest BCUT2D eigenvalue weighted by molar-refractivity contribution is 5.76. The van der Waals surface area contributed by atoms with Crippen molar-refractivity contribution >= 4 is 11.6 Å². The molecule has 1 aromatic rings. The van der Waals surface area contributed by atoms with Gasteiger partial charge in [-0.1, -0.05) is 25.0 Å². The Kier molecular flexibility index (Phi) is 4.83. The minimum absolute atomic E-state index is 0.293. The summed E-state index contributed by atoms with van der Waals surface area (Å²) in [6.07, 6.45) is 6.23. The van der Waals surface area contributed by atoms with Gasteiger partial charge in [-0.3, -0.25) is 4.79 Å². The van der Waals surface area contributed by atoms with Gasteiger partial charge in [0, 0.05) is 25.2 Å². The van der Waals surface area contributed by atoms with Crippen LogP contribution in [0.15, 0.2) is 18.2 Å². The molecule has 3 nitrogen and oxygen atoms in total. The van der Waals surface area contributed by atoms with Crippen LogP contribution in [0.1, 0.15) is 43.2 Å². The molecule has 1 aliphatic heterocycles. The first kappa shape index (κ1) is 13.9. The van der Waals surface area contributed by atoms with E-state index in [1.54, 1.807) is 0 Å². The summed E-state index contributed by atoms with van der Waals surface area (Å²) in [6.45, 7) is 3.88. The first-order valence-electron chi connectivity index (χ1n) is 7.29. The molecule has 0 aliphatic carbocycles. The molecule has 1 aliphatic rings. The van der Waals surface area contributed by atoms with Gasteiger partial charge in [-0.05, 0) is 43.4 Å². The molecule has 0 unspecified atom stereocenters. The molecule has 3 heteroatoms. The number of benzene rings is 1. The van der Waals surface area contributed by atoms with E-state index in [1.807, 2.05) is 24.0 Å². The van der Waals surface area contributed by atoms with Crippen LogP contribution in [0.3, 0.4) is 0 Å². The molecule has 2 N–H and O–H groups in total. The topological polar surface area (TPSA) is 46.3 Å². The van der Waals surface area contributed by atoms with Crippen molar-refractivity contribution < 1.29 is 4.79 Å². The second kappa shape index (κ2) is 6.60. The largest absolute Gasteiger partial charge is 0.399 e. The quantitative estimate of drug-likeness (QED) is 0.849. The van der Waals surface area contributed by atoms with E-state index in [1.165, 1.54) is 12.8 Å². The van der Waals surface area contributed by atoms with Gasteiger partial charge in [0.1, 0.15) is 0 Å². The fourth-order valence-corrected chi connectivity index (χ4v) is 2.57. The summed E-state index contributed by atoms with van der Waals surface area (Å²) in [5.41, 5.74) is 8.97. The summed E-state index contributed by atoms with van der Waals surface area (Å²) in [6, 6.07) is 6.09. The third-order valence-corrected chi connectivity index (χ3v) is 3.93. The van der Waals surface area contributed by atoms with Gasteiger partial charge in [-0.15, -0.1) is 0 Å². The molecule has 1 heterocycles. The maximum absolute atomic E-state index is 12.2. The molecular weight excluding hydrogens is 236 g/mol. The van der Waals surface area contributed by atoms with E-state index in [0.717, 1.165) is 49.2 Å². The van der Waals surface area contributed by atoms with Gasteiger partial charge in [-0.2, -0.15) is 0 Å². The highest BCUT2D eigenvalue weighted by Crippen LogP contribution is 2.16. The highest BCUT2D eigenvalue weighted by Gasteiger charge is 2.15. The van der Waals surface area contributed by atoms with Crippen molar-refractivity contribution in [2.75, 3.05) is 18.8 Å². The minimum Gasteiger partial charge on any atom is -0.399 e. The van der Waals surface area contributed by atoms with Gasteiger partial charge < -0.3 is 10.6 Å². The summed E-state index contributed by atoms with van der Waals surface area (Å²) in [5, 5.41) is 0. The molecule has 104 valence electrons. The van der Waals surface area contributed by atoms with Crippen LogP contribution in [-0.4, -0.2) is 23.9 Å². The number of aryl methyl sites for hydroxylation is 2. The van der Waals surface area contributed by atoms with Crippen LogP contribution in [0.5, 0.6) is 0 Å². The molecule has 0 aromatic heterocycles. The predicted molar refractivity (Wildman–Crippen MR) is 79.0 cm³/mol. The summed E-state index contributed by atoms with van der Waals surface area (Å²) in [4.78, 5) is 14.2. The van der Waals surface area contributed by atoms with E-state index >= 15 is 0 Å². The highest BCUT2D eigenvalue weighted by atomic mass is 16.2. The van der Waals surface area contributed by atoms with E-state index in [-0.39, 0.29) is 0 Å². The van der Waals surface area contributed by atoms with E-state index in [4.69, 9.17) is 5.73 Å². The van der Waals surface area contributed by atoms with Gasteiger partial charge in [0.15, 0.2) is 0 Å². The normalized spacial score (nSPS) is 16.2. The third-order valence-electron chi connectivity index (χ3n) is 3.93. The summed E-state index contributed by atoms with van der Waals surface area (Å²) in [5.74, 6) is 0.293. The maximum Gasteiger partial charge on any atom is 0.222 e. The van der Waals surface area contributed by atoms with Gasteiger partial charge in [0.05, 0.1) is 0 Å². The molecule has 19 heavy (non-hydrogen) atoms. The predicted octanol–water partition coefficient (Wildman–Crippen LogP) is 2.91. The number of carbonyl (C=O) groups excluding carboxylic acids is 1. The maximum atomic E-state index is 12.2. The van der Waals surface area contributed by atoms with Crippen LogP contribution in [0.2, 0.25) is 0 Å².